The Morgan fingerprint density at radius 3 is 2.52 bits per heavy atom. The molecule has 0 aliphatic rings. The van der Waals surface area contributed by atoms with Crippen LogP contribution in [0.2, 0.25) is 10.0 Å². The van der Waals surface area contributed by atoms with E-state index in [2.05, 4.69) is 0 Å². The summed E-state index contributed by atoms with van der Waals surface area (Å²) in [7, 11) is 1.74. The molecule has 0 fully saturated rings. The van der Waals surface area contributed by atoms with Crippen LogP contribution in [0.25, 0.3) is 0 Å². The monoisotopic (exact) mass is 339 g/mol. The predicted molar refractivity (Wildman–Crippen MR) is 90.5 cm³/mol. The van der Waals surface area contributed by atoms with Crippen LogP contribution in [0.5, 0.6) is 0 Å². The van der Waals surface area contributed by atoms with Crippen molar-refractivity contribution in [1.82, 2.24) is 4.90 Å². The Morgan fingerprint density at radius 1 is 1.14 bits per heavy atom. The number of halogens is 2. The van der Waals surface area contributed by atoms with Crippen LogP contribution in [-0.2, 0) is 6.54 Å². The van der Waals surface area contributed by atoms with E-state index in [1.54, 1.807) is 29.8 Å². The molecule has 0 N–H and O–H groups in total. The van der Waals surface area contributed by atoms with Gasteiger partial charge in [0.1, 0.15) is 0 Å². The van der Waals surface area contributed by atoms with Gasteiger partial charge in [0, 0.05) is 23.5 Å². The summed E-state index contributed by atoms with van der Waals surface area (Å²) in [4.78, 5) is 15.2. The number of benzene rings is 2. The third-order valence-electron chi connectivity index (χ3n) is 3.12. The van der Waals surface area contributed by atoms with E-state index in [0.29, 0.717) is 22.2 Å². The molecule has 5 heteroatoms. The summed E-state index contributed by atoms with van der Waals surface area (Å²) < 4.78 is 0. The van der Waals surface area contributed by atoms with Crippen LogP contribution in [0.1, 0.15) is 15.9 Å². The highest BCUT2D eigenvalue weighted by Gasteiger charge is 2.16. The number of carbonyl (C=O) groups is 1. The summed E-state index contributed by atoms with van der Waals surface area (Å²) in [6.07, 6.45) is 1.96. The van der Waals surface area contributed by atoms with E-state index in [-0.39, 0.29) is 5.91 Å². The van der Waals surface area contributed by atoms with Crippen molar-refractivity contribution in [3.05, 3.63) is 63.6 Å². The Morgan fingerprint density at radius 2 is 1.86 bits per heavy atom. The highest BCUT2D eigenvalue weighted by atomic mass is 35.5. The van der Waals surface area contributed by atoms with Crippen molar-refractivity contribution in [2.24, 2.45) is 0 Å². The Kier molecular flexibility index (Phi) is 5.57. The van der Waals surface area contributed by atoms with Crippen LogP contribution in [0.15, 0.2) is 47.4 Å². The molecule has 0 aromatic heterocycles. The summed E-state index contributed by atoms with van der Waals surface area (Å²) in [6.45, 7) is 0.443. The maximum Gasteiger partial charge on any atom is 0.255 e. The maximum absolute atomic E-state index is 12.5. The molecule has 0 atom stereocenters. The van der Waals surface area contributed by atoms with Crippen molar-refractivity contribution >= 4 is 40.9 Å². The van der Waals surface area contributed by atoms with Gasteiger partial charge in [-0.2, -0.15) is 0 Å². The smallest absolute Gasteiger partial charge is 0.255 e. The van der Waals surface area contributed by atoms with E-state index in [0.717, 1.165) is 10.5 Å². The first kappa shape index (κ1) is 16.2. The molecule has 21 heavy (non-hydrogen) atoms. The average Bonchev–Trinajstić information content (AvgIpc) is 2.49. The van der Waals surface area contributed by atoms with Gasteiger partial charge < -0.3 is 4.90 Å². The molecule has 2 aromatic rings. The number of rotatable bonds is 4. The van der Waals surface area contributed by atoms with Crippen molar-refractivity contribution < 1.29 is 4.79 Å². The van der Waals surface area contributed by atoms with Crippen LogP contribution in [0.4, 0.5) is 0 Å². The van der Waals surface area contributed by atoms with Gasteiger partial charge >= 0.3 is 0 Å². The molecule has 0 bridgehead atoms. The summed E-state index contributed by atoms with van der Waals surface area (Å²) in [6, 6.07) is 13.0. The second-order valence-corrected chi connectivity index (χ2v) is 6.29. The van der Waals surface area contributed by atoms with Gasteiger partial charge in [-0.25, -0.2) is 0 Å². The minimum atomic E-state index is -0.115. The largest absolute Gasteiger partial charge is 0.337 e. The van der Waals surface area contributed by atoms with Crippen LogP contribution in [0, 0.1) is 0 Å². The molecular weight excluding hydrogens is 325 g/mol. The Bertz CT molecular complexity index is 660. The number of carbonyl (C=O) groups excluding carboxylic acids is 1. The van der Waals surface area contributed by atoms with Gasteiger partial charge in [0.2, 0.25) is 0 Å². The molecule has 0 radical (unpaired) electrons. The summed E-state index contributed by atoms with van der Waals surface area (Å²) >= 11 is 13.9. The summed E-state index contributed by atoms with van der Waals surface area (Å²) in [5, 5.41) is 1.12. The van der Waals surface area contributed by atoms with Crippen molar-refractivity contribution in [1.29, 1.82) is 0 Å². The lowest BCUT2D eigenvalue weighted by Crippen LogP contribution is -2.26. The zero-order chi connectivity index (χ0) is 15.4. The van der Waals surface area contributed by atoms with E-state index in [9.17, 15) is 4.79 Å². The Balaban J connectivity index is 2.22. The molecule has 0 unspecified atom stereocenters. The van der Waals surface area contributed by atoms with Gasteiger partial charge in [-0.1, -0.05) is 41.4 Å². The topological polar surface area (TPSA) is 20.3 Å². The lowest BCUT2D eigenvalue weighted by Gasteiger charge is -2.19. The van der Waals surface area contributed by atoms with Crippen LogP contribution < -0.4 is 0 Å². The van der Waals surface area contributed by atoms with Crippen molar-refractivity contribution in [3.8, 4) is 0 Å². The molecule has 0 saturated carbocycles. The molecule has 110 valence electrons. The molecule has 0 heterocycles. The van der Waals surface area contributed by atoms with E-state index in [1.807, 2.05) is 42.7 Å². The van der Waals surface area contributed by atoms with Crippen molar-refractivity contribution in [3.63, 3.8) is 0 Å². The zero-order valence-corrected chi connectivity index (χ0v) is 14.1. The quantitative estimate of drug-likeness (QED) is 0.731. The highest BCUT2D eigenvalue weighted by Crippen LogP contribution is 2.25. The standard InChI is InChI=1S/C16H15Cl2NOS/c1-19(10-11-5-3-4-6-14(11)17)16(20)13-9-12(21-2)7-8-15(13)18/h3-9H,10H2,1-2H3. The average molecular weight is 340 g/mol. The zero-order valence-electron chi connectivity index (χ0n) is 11.8. The van der Waals surface area contributed by atoms with E-state index in [4.69, 9.17) is 23.2 Å². The fraction of sp³-hybridized carbons (Fsp3) is 0.188. The number of hydrogen-bond acceptors (Lipinski definition) is 2. The first-order valence-corrected chi connectivity index (χ1v) is 8.33. The van der Waals surface area contributed by atoms with Crippen molar-refractivity contribution in [2.45, 2.75) is 11.4 Å². The van der Waals surface area contributed by atoms with Crippen LogP contribution >= 0.6 is 35.0 Å². The normalized spacial score (nSPS) is 10.5. The Hall–Kier alpha value is -1.16. The highest BCUT2D eigenvalue weighted by molar-refractivity contribution is 7.98. The molecule has 0 aliphatic heterocycles. The second-order valence-electron chi connectivity index (χ2n) is 4.60. The maximum atomic E-state index is 12.5. The Labute approximate surface area is 139 Å². The molecule has 2 rings (SSSR count). The molecule has 2 aromatic carbocycles. The third kappa shape index (κ3) is 3.94. The van der Waals surface area contributed by atoms with Crippen LogP contribution in [-0.4, -0.2) is 24.1 Å². The summed E-state index contributed by atoms with van der Waals surface area (Å²) in [5.74, 6) is -0.115. The number of thioether (sulfide) groups is 1. The third-order valence-corrected chi connectivity index (χ3v) is 4.54. The first-order valence-electron chi connectivity index (χ1n) is 6.35. The van der Waals surface area contributed by atoms with Crippen LogP contribution in [0.3, 0.4) is 0 Å². The summed E-state index contributed by atoms with van der Waals surface area (Å²) in [5.41, 5.74) is 1.42. The molecular formula is C16H15Cl2NOS. The van der Waals surface area contributed by atoms with E-state index in [1.165, 1.54) is 0 Å². The van der Waals surface area contributed by atoms with E-state index < -0.39 is 0 Å². The SMILES string of the molecule is CSc1ccc(Cl)c(C(=O)N(C)Cc2ccccc2Cl)c1. The predicted octanol–water partition coefficient (Wildman–Crippen LogP) is 4.99. The number of hydrogen-bond donors (Lipinski definition) is 0. The van der Waals surface area contributed by atoms with Gasteiger partial charge in [0.05, 0.1) is 10.6 Å². The lowest BCUT2D eigenvalue weighted by atomic mass is 10.1. The fourth-order valence-electron chi connectivity index (χ4n) is 1.95. The van der Waals surface area contributed by atoms with Gasteiger partial charge in [0.25, 0.3) is 5.91 Å². The molecule has 2 nitrogen and oxygen atoms in total. The van der Waals surface area contributed by atoms with Gasteiger partial charge in [-0.3, -0.25) is 4.79 Å². The molecule has 0 spiro atoms. The molecule has 1 amide bonds. The minimum Gasteiger partial charge on any atom is -0.337 e. The number of nitrogens with zero attached hydrogens (tertiary/aromatic N) is 1. The second kappa shape index (κ2) is 7.21. The van der Waals surface area contributed by atoms with Gasteiger partial charge in [0.15, 0.2) is 0 Å². The first-order chi connectivity index (χ1) is 10.0. The molecule has 0 aliphatic carbocycles. The van der Waals surface area contributed by atoms with Gasteiger partial charge in [-0.15, -0.1) is 11.8 Å². The van der Waals surface area contributed by atoms with E-state index >= 15 is 0 Å². The number of amides is 1. The minimum absolute atomic E-state index is 0.115. The van der Waals surface area contributed by atoms with Gasteiger partial charge in [-0.05, 0) is 36.1 Å². The fourth-order valence-corrected chi connectivity index (χ4v) is 2.79. The lowest BCUT2D eigenvalue weighted by molar-refractivity contribution is 0.0785. The molecule has 0 saturated heterocycles. The van der Waals surface area contributed by atoms with Crippen molar-refractivity contribution in [2.75, 3.05) is 13.3 Å².